The van der Waals surface area contributed by atoms with Crippen LogP contribution >= 0.6 is 0 Å². The first-order valence-corrected chi connectivity index (χ1v) is 8.04. The quantitative estimate of drug-likeness (QED) is 0.341. The number of rotatable bonds is 6. The van der Waals surface area contributed by atoms with E-state index in [1.54, 1.807) is 58.0 Å². The Morgan fingerprint density at radius 3 is 2.20 bits per heavy atom. The van der Waals surface area contributed by atoms with Crippen LogP contribution in [0, 0.1) is 0 Å². The molecule has 134 valence electrons. The Morgan fingerprint density at radius 2 is 1.68 bits per heavy atom. The highest BCUT2D eigenvalue weighted by Crippen LogP contribution is 2.17. The lowest BCUT2D eigenvalue weighted by molar-refractivity contribution is -0.148. The summed E-state index contributed by atoms with van der Waals surface area (Å²) >= 11 is 0. The average Bonchev–Trinajstić information content (AvgIpc) is 2.49. The SMILES string of the molecule is CCOC(=O)C(=Cc1ccccc1/C=C/C(=O)OC(C)(C)C)C(C)=O. The number of carbonyl (C=O) groups excluding carboxylic acids is 3. The minimum absolute atomic E-state index is 0.0417. The maximum atomic E-state index is 11.9. The van der Waals surface area contributed by atoms with Crippen LogP contribution in [0.2, 0.25) is 0 Å². The zero-order valence-corrected chi connectivity index (χ0v) is 15.3. The smallest absolute Gasteiger partial charge is 0.341 e. The first-order valence-electron chi connectivity index (χ1n) is 8.04. The van der Waals surface area contributed by atoms with E-state index in [2.05, 4.69) is 0 Å². The molecule has 1 rings (SSSR count). The summed E-state index contributed by atoms with van der Waals surface area (Å²) in [5, 5.41) is 0. The first kappa shape index (κ1) is 20.4. The number of ketones is 1. The van der Waals surface area contributed by atoms with Gasteiger partial charge in [0.05, 0.1) is 6.61 Å². The van der Waals surface area contributed by atoms with Crippen molar-refractivity contribution in [3.8, 4) is 0 Å². The summed E-state index contributed by atoms with van der Waals surface area (Å²) in [7, 11) is 0. The molecule has 0 aliphatic carbocycles. The lowest BCUT2D eigenvalue weighted by atomic mass is 10.0. The molecule has 0 saturated carbocycles. The standard InChI is InChI=1S/C20H24O5/c1-6-24-19(23)17(14(2)21)13-16-10-8-7-9-15(16)11-12-18(22)25-20(3,4)5/h7-13H,6H2,1-5H3/b12-11+,17-13?. The van der Waals surface area contributed by atoms with Crippen LogP contribution in [0.15, 0.2) is 35.9 Å². The van der Waals surface area contributed by atoms with E-state index in [0.717, 1.165) is 0 Å². The van der Waals surface area contributed by atoms with Gasteiger partial charge >= 0.3 is 11.9 Å². The third kappa shape index (κ3) is 7.16. The molecule has 0 heterocycles. The Bertz CT molecular complexity index is 705. The van der Waals surface area contributed by atoms with Crippen molar-refractivity contribution in [2.24, 2.45) is 0 Å². The minimum Gasteiger partial charge on any atom is -0.462 e. The van der Waals surface area contributed by atoms with Crippen LogP contribution in [-0.4, -0.2) is 29.9 Å². The molecule has 5 heteroatoms. The molecule has 1 aromatic carbocycles. The van der Waals surface area contributed by atoms with Gasteiger partial charge in [-0.2, -0.15) is 0 Å². The zero-order chi connectivity index (χ0) is 19.0. The van der Waals surface area contributed by atoms with Crippen LogP contribution in [-0.2, 0) is 23.9 Å². The fraction of sp³-hybridized carbons (Fsp3) is 0.350. The van der Waals surface area contributed by atoms with Gasteiger partial charge < -0.3 is 9.47 Å². The van der Waals surface area contributed by atoms with Crippen LogP contribution < -0.4 is 0 Å². The number of carbonyl (C=O) groups is 3. The normalized spacial score (nSPS) is 12.1. The highest BCUT2D eigenvalue weighted by molar-refractivity contribution is 6.20. The minimum atomic E-state index is -0.666. The molecule has 0 saturated heterocycles. The van der Waals surface area contributed by atoms with E-state index in [1.807, 2.05) is 0 Å². The molecule has 0 atom stereocenters. The molecule has 1 aromatic rings. The van der Waals surface area contributed by atoms with Gasteiger partial charge in [0, 0.05) is 6.08 Å². The number of benzene rings is 1. The van der Waals surface area contributed by atoms with Gasteiger partial charge in [0.25, 0.3) is 0 Å². The van der Waals surface area contributed by atoms with Crippen molar-refractivity contribution < 1.29 is 23.9 Å². The summed E-state index contributed by atoms with van der Waals surface area (Å²) in [5.74, 6) is -1.52. The van der Waals surface area contributed by atoms with Gasteiger partial charge in [-0.05, 0) is 57.9 Å². The molecule has 0 aromatic heterocycles. The second kappa shape index (κ2) is 8.97. The van der Waals surface area contributed by atoms with Gasteiger partial charge in [0.15, 0.2) is 5.78 Å². The lowest BCUT2D eigenvalue weighted by Crippen LogP contribution is -2.22. The molecular weight excluding hydrogens is 320 g/mol. The first-order chi connectivity index (χ1) is 11.6. The maximum absolute atomic E-state index is 11.9. The predicted octanol–water partition coefficient (Wildman–Crippen LogP) is 3.58. The predicted molar refractivity (Wildman–Crippen MR) is 96.6 cm³/mol. The Kier molecular flexibility index (Phi) is 7.30. The van der Waals surface area contributed by atoms with Gasteiger partial charge in [-0.1, -0.05) is 24.3 Å². The Morgan fingerprint density at radius 1 is 1.08 bits per heavy atom. The van der Waals surface area contributed by atoms with E-state index in [4.69, 9.17) is 9.47 Å². The summed E-state index contributed by atoms with van der Waals surface area (Å²) in [6, 6.07) is 7.09. The van der Waals surface area contributed by atoms with E-state index in [9.17, 15) is 14.4 Å². The number of hydrogen-bond donors (Lipinski definition) is 0. The fourth-order valence-electron chi connectivity index (χ4n) is 1.96. The van der Waals surface area contributed by atoms with Crippen molar-refractivity contribution in [2.75, 3.05) is 6.61 Å². The molecular formula is C20H24O5. The molecule has 0 radical (unpaired) electrons. The molecule has 5 nitrogen and oxygen atoms in total. The second-order valence-electron chi connectivity index (χ2n) is 6.33. The highest BCUT2D eigenvalue weighted by Gasteiger charge is 2.16. The molecule has 0 aliphatic heterocycles. The van der Waals surface area contributed by atoms with E-state index < -0.39 is 17.5 Å². The van der Waals surface area contributed by atoms with Crippen LogP contribution in [0.4, 0.5) is 0 Å². The Hall–Kier alpha value is -2.69. The molecule has 0 N–H and O–H groups in total. The van der Waals surface area contributed by atoms with Gasteiger partial charge in [-0.15, -0.1) is 0 Å². The van der Waals surface area contributed by atoms with Crippen LogP contribution in [0.25, 0.3) is 12.2 Å². The van der Waals surface area contributed by atoms with Gasteiger partial charge in [0.1, 0.15) is 11.2 Å². The maximum Gasteiger partial charge on any atom is 0.341 e. The molecule has 25 heavy (non-hydrogen) atoms. The summed E-state index contributed by atoms with van der Waals surface area (Å²) in [5.41, 5.74) is 0.684. The third-order valence-electron chi connectivity index (χ3n) is 2.98. The summed E-state index contributed by atoms with van der Waals surface area (Å²) in [6.07, 6.45) is 4.37. The Balaban J connectivity index is 3.14. The number of esters is 2. The van der Waals surface area contributed by atoms with E-state index in [0.29, 0.717) is 11.1 Å². The molecule has 0 aliphatic rings. The number of ether oxygens (including phenoxy) is 2. The van der Waals surface area contributed by atoms with Crippen molar-refractivity contribution in [2.45, 2.75) is 40.2 Å². The fourth-order valence-corrected chi connectivity index (χ4v) is 1.96. The van der Waals surface area contributed by atoms with Crippen molar-refractivity contribution in [3.63, 3.8) is 0 Å². The molecule has 0 amide bonds. The highest BCUT2D eigenvalue weighted by atomic mass is 16.6. The summed E-state index contributed by atoms with van der Waals surface area (Å²) in [6.45, 7) is 8.52. The molecule has 0 spiro atoms. The largest absolute Gasteiger partial charge is 0.462 e. The van der Waals surface area contributed by atoms with E-state index >= 15 is 0 Å². The van der Waals surface area contributed by atoms with Crippen molar-refractivity contribution in [1.29, 1.82) is 0 Å². The summed E-state index contributed by atoms with van der Waals surface area (Å²) in [4.78, 5) is 35.5. The van der Waals surface area contributed by atoms with E-state index in [-0.39, 0.29) is 18.0 Å². The summed E-state index contributed by atoms with van der Waals surface area (Å²) < 4.78 is 10.1. The van der Waals surface area contributed by atoms with Crippen LogP contribution in [0.3, 0.4) is 0 Å². The topological polar surface area (TPSA) is 69.7 Å². The van der Waals surface area contributed by atoms with Gasteiger partial charge in [-0.3, -0.25) is 4.79 Å². The molecule has 0 fully saturated rings. The monoisotopic (exact) mass is 344 g/mol. The lowest BCUT2D eigenvalue weighted by Gasteiger charge is -2.17. The van der Waals surface area contributed by atoms with Crippen LogP contribution in [0.1, 0.15) is 45.7 Å². The molecule has 0 bridgehead atoms. The van der Waals surface area contributed by atoms with Gasteiger partial charge in [0.2, 0.25) is 0 Å². The molecule has 0 unspecified atom stereocenters. The number of Topliss-reactive ketones (excluding diaryl/α,β-unsaturated/α-hetero) is 1. The van der Waals surface area contributed by atoms with Crippen LogP contribution in [0.5, 0.6) is 0 Å². The third-order valence-corrected chi connectivity index (χ3v) is 2.98. The van der Waals surface area contributed by atoms with Crippen molar-refractivity contribution in [3.05, 3.63) is 47.0 Å². The number of hydrogen-bond acceptors (Lipinski definition) is 5. The van der Waals surface area contributed by atoms with Crippen molar-refractivity contribution >= 4 is 29.9 Å². The van der Waals surface area contributed by atoms with E-state index in [1.165, 1.54) is 19.1 Å². The van der Waals surface area contributed by atoms with Crippen molar-refractivity contribution in [1.82, 2.24) is 0 Å². The second-order valence-corrected chi connectivity index (χ2v) is 6.33. The Labute approximate surface area is 148 Å². The zero-order valence-electron chi connectivity index (χ0n) is 15.3. The average molecular weight is 344 g/mol. The van der Waals surface area contributed by atoms with Gasteiger partial charge in [-0.25, -0.2) is 9.59 Å².